The van der Waals surface area contributed by atoms with Crippen molar-refractivity contribution in [2.24, 2.45) is 22.2 Å². The van der Waals surface area contributed by atoms with Crippen LogP contribution in [0.25, 0.3) is 0 Å². The average molecular weight is 416 g/mol. The van der Waals surface area contributed by atoms with Gasteiger partial charge in [-0.25, -0.2) is 4.79 Å². The normalized spacial score (nSPS) is 16.7. The monoisotopic (exact) mass is 415 g/mol. The minimum atomic E-state index is -1.08. The number of hydrogen-bond donors (Lipinski definition) is 4. The molecule has 0 aromatic rings. The van der Waals surface area contributed by atoms with Crippen LogP contribution in [0.1, 0.15) is 75.7 Å². The van der Waals surface area contributed by atoms with E-state index in [0.717, 1.165) is 6.42 Å². The summed E-state index contributed by atoms with van der Waals surface area (Å²) >= 11 is 0. The van der Waals surface area contributed by atoms with Crippen LogP contribution in [0.4, 0.5) is 4.79 Å². The van der Waals surface area contributed by atoms with Crippen LogP contribution >= 0.6 is 0 Å². The van der Waals surface area contributed by atoms with Gasteiger partial charge in [-0.1, -0.05) is 41.5 Å². The molecule has 4 N–H and O–H groups in total. The van der Waals surface area contributed by atoms with Crippen molar-refractivity contribution in [3.05, 3.63) is 0 Å². The molecule has 29 heavy (non-hydrogen) atoms. The maximum atomic E-state index is 11.8. The van der Waals surface area contributed by atoms with E-state index in [1.54, 1.807) is 20.8 Å². The van der Waals surface area contributed by atoms with E-state index in [0.29, 0.717) is 13.1 Å². The zero-order chi connectivity index (χ0) is 23.1. The van der Waals surface area contributed by atoms with Crippen molar-refractivity contribution >= 4 is 12.0 Å². The Kier molecular flexibility index (Phi) is 10.1. The van der Waals surface area contributed by atoms with Crippen LogP contribution in [0.15, 0.2) is 0 Å². The molecule has 0 aromatic carbocycles. The fourth-order valence-electron chi connectivity index (χ4n) is 3.31. The zero-order valence-corrected chi connectivity index (χ0v) is 20.3. The molecule has 0 aliphatic heterocycles. The van der Waals surface area contributed by atoms with Crippen LogP contribution in [-0.4, -0.2) is 49.1 Å². The maximum absolute atomic E-state index is 11.8. The third-order valence-electron chi connectivity index (χ3n) is 5.40. The van der Waals surface area contributed by atoms with E-state index in [1.165, 1.54) is 0 Å². The zero-order valence-electron chi connectivity index (χ0n) is 20.3. The van der Waals surface area contributed by atoms with Crippen molar-refractivity contribution in [1.29, 1.82) is 0 Å². The summed E-state index contributed by atoms with van der Waals surface area (Å²) in [4.78, 5) is 23.5. The molecule has 0 saturated heterocycles. The number of urea groups is 1. The molecule has 2 unspecified atom stereocenters. The number of rotatable bonds is 10. The van der Waals surface area contributed by atoms with Crippen molar-refractivity contribution in [2.45, 2.75) is 81.4 Å². The summed E-state index contributed by atoms with van der Waals surface area (Å²) in [5, 5.41) is 19.7. The molecule has 0 spiro atoms. The molecule has 172 valence electrons. The first kappa shape index (κ1) is 27.7. The Labute approximate surface area is 177 Å². The van der Waals surface area contributed by atoms with Gasteiger partial charge in [-0.2, -0.15) is 0 Å². The Bertz CT molecular complexity index is 533. The van der Waals surface area contributed by atoms with Gasteiger partial charge in [-0.05, 0) is 45.4 Å². The highest BCUT2D eigenvalue weighted by atomic mass is 16.5. The number of hydrogen-bond acceptors (Lipinski definition) is 5. The van der Waals surface area contributed by atoms with Crippen LogP contribution in [0, 0.1) is 22.2 Å². The number of esters is 1. The van der Waals surface area contributed by atoms with Gasteiger partial charge < -0.3 is 20.5 Å². The first-order valence-corrected chi connectivity index (χ1v) is 10.6. The molecule has 7 nitrogen and oxygen atoms in total. The summed E-state index contributed by atoms with van der Waals surface area (Å²) in [6.45, 7) is 21.2. The molecule has 0 heterocycles. The lowest BCUT2D eigenvalue weighted by atomic mass is 9.63. The number of nitrogens with one attached hydrogen (secondary N) is 3. The van der Waals surface area contributed by atoms with Crippen LogP contribution < -0.4 is 16.0 Å². The fraction of sp³-hybridized carbons (Fsp3) is 0.909. The Balaban J connectivity index is 4.36. The predicted molar refractivity (Wildman–Crippen MR) is 117 cm³/mol. The van der Waals surface area contributed by atoms with Gasteiger partial charge in [0.15, 0.2) is 0 Å². The average Bonchev–Trinajstić information content (AvgIpc) is 2.52. The summed E-state index contributed by atoms with van der Waals surface area (Å²) in [7, 11) is 0. The lowest BCUT2D eigenvalue weighted by Gasteiger charge is -2.49. The molecular formula is C22H45N3O4. The quantitative estimate of drug-likeness (QED) is 0.249. The van der Waals surface area contributed by atoms with E-state index in [9.17, 15) is 14.7 Å². The molecule has 0 bridgehead atoms. The molecule has 0 radical (unpaired) electrons. The molecular weight excluding hydrogens is 370 g/mol. The van der Waals surface area contributed by atoms with Crippen molar-refractivity contribution < 1.29 is 19.4 Å². The summed E-state index contributed by atoms with van der Waals surface area (Å²) in [5.74, 6) is -0.0223. The number of aliphatic hydroxyl groups is 1. The van der Waals surface area contributed by atoms with Gasteiger partial charge >= 0.3 is 12.0 Å². The lowest BCUT2D eigenvalue weighted by molar-refractivity contribution is -0.152. The molecule has 0 rings (SSSR count). The molecule has 2 amide bonds. The van der Waals surface area contributed by atoms with Crippen molar-refractivity contribution in [3.63, 3.8) is 0 Å². The SMILES string of the molecule is CC(C)C(C)(CC(C)(C)C)C(C)(O)NCCNC(=O)NCCOC(=O)C(C)(C)C. The summed E-state index contributed by atoms with van der Waals surface area (Å²) in [6, 6.07) is -0.334. The lowest BCUT2D eigenvalue weighted by Crippen LogP contribution is -2.59. The van der Waals surface area contributed by atoms with Crippen molar-refractivity contribution in [2.75, 3.05) is 26.2 Å². The largest absolute Gasteiger partial charge is 0.463 e. The van der Waals surface area contributed by atoms with Gasteiger partial charge in [0.1, 0.15) is 12.3 Å². The summed E-state index contributed by atoms with van der Waals surface area (Å²) < 4.78 is 5.10. The minimum absolute atomic E-state index is 0.0826. The fourth-order valence-corrected chi connectivity index (χ4v) is 3.31. The van der Waals surface area contributed by atoms with Crippen LogP contribution in [0.3, 0.4) is 0 Å². The van der Waals surface area contributed by atoms with Gasteiger partial charge in [-0.3, -0.25) is 10.1 Å². The molecule has 0 fully saturated rings. The topological polar surface area (TPSA) is 99.7 Å². The highest BCUT2D eigenvalue weighted by Crippen LogP contribution is 2.45. The Morgan fingerprint density at radius 2 is 1.41 bits per heavy atom. The predicted octanol–water partition coefficient (Wildman–Crippen LogP) is 3.27. The minimum Gasteiger partial charge on any atom is -0.463 e. The van der Waals surface area contributed by atoms with E-state index in [2.05, 4.69) is 57.5 Å². The Hall–Kier alpha value is -1.34. The number of carbonyl (C=O) groups excluding carboxylic acids is 2. The first-order chi connectivity index (χ1) is 12.9. The molecule has 0 aliphatic carbocycles. The smallest absolute Gasteiger partial charge is 0.314 e. The summed E-state index contributed by atoms with van der Waals surface area (Å²) in [5.41, 5.74) is -1.88. The maximum Gasteiger partial charge on any atom is 0.314 e. The molecule has 0 saturated carbocycles. The van der Waals surface area contributed by atoms with Gasteiger partial charge in [0.25, 0.3) is 0 Å². The van der Waals surface area contributed by atoms with E-state index >= 15 is 0 Å². The van der Waals surface area contributed by atoms with Crippen LogP contribution in [0.2, 0.25) is 0 Å². The first-order valence-electron chi connectivity index (χ1n) is 10.6. The Morgan fingerprint density at radius 3 is 1.86 bits per heavy atom. The second-order valence-electron chi connectivity index (χ2n) is 10.9. The second kappa shape index (κ2) is 10.6. The van der Waals surface area contributed by atoms with Crippen molar-refractivity contribution in [3.8, 4) is 0 Å². The highest BCUT2D eigenvalue weighted by molar-refractivity contribution is 5.75. The molecule has 7 heteroatoms. The number of carbonyl (C=O) groups is 2. The third-order valence-corrected chi connectivity index (χ3v) is 5.40. The van der Waals surface area contributed by atoms with E-state index in [1.807, 2.05) is 6.92 Å². The van der Waals surface area contributed by atoms with Gasteiger partial charge in [0.2, 0.25) is 0 Å². The van der Waals surface area contributed by atoms with E-state index in [-0.39, 0.29) is 41.9 Å². The molecule has 0 aromatic heterocycles. The number of amides is 2. The van der Waals surface area contributed by atoms with E-state index < -0.39 is 11.1 Å². The van der Waals surface area contributed by atoms with Crippen molar-refractivity contribution in [1.82, 2.24) is 16.0 Å². The molecule has 0 aliphatic rings. The van der Waals surface area contributed by atoms with Gasteiger partial charge in [0, 0.05) is 18.5 Å². The third kappa shape index (κ3) is 9.81. The highest BCUT2D eigenvalue weighted by Gasteiger charge is 2.47. The standard InChI is InChI=1S/C22H45N3O4/c1-16(2)21(9,15-19(3,4)5)22(10,28)25-12-11-23-18(27)24-13-14-29-17(26)20(6,7)8/h16,25,28H,11-15H2,1-10H3,(H2,23,24,27). The van der Waals surface area contributed by atoms with Gasteiger partial charge in [0.05, 0.1) is 12.0 Å². The van der Waals surface area contributed by atoms with Gasteiger partial charge in [-0.15, -0.1) is 0 Å². The van der Waals surface area contributed by atoms with Crippen LogP contribution in [-0.2, 0) is 9.53 Å². The molecule has 2 atom stereocenters. The number of ether oxygens (including phenoxy) is 1. The second-order valence-corrected chi connectivity index (χ2v) is 10.9. The van der Waals surface area contributed by atoms with E-state index in [4.69, 9.17) is 4.74 Å². The Morgan fingerprint density at radius 1 is 0.897 bits per heavy atom. The summed E-state index contributed by atoms with van der Waals surface area (Å²) in [6.07, 6.45) is 0.860. The van der Waals surface area contributed by atoms with Crippen LogP contribution in [0.5, 0.6) is 0 Å².